The number of nitrogens with zero attached hydrogens (tertiary/aromatic N) is 3. The Morgan fingerprint density at radius 1 is 1.00 bits per heavy atom. The van der Waals surface area contributed by atoms with Crippen LogP contribution in [0.1, 0.15) is 5.69 Å². The van der Waals surface area contributed by atoms with Gasteiger partial charge in [0.05, 0.1) is 29.1 Å². The molecule has 4 rings (SSSR count). The molecule has 11 heteroatoms. The van der Waals surface area contributed by atoms with E-state index in [1.54, 1.807) is 42.9 Å². The first-order valence-corrected chi connectivity index (χ1v) is 12.6. The van der Waals surface area contributed by atoms with Gasteiger partial charge in [-0.1, -0.05) is 18.2 Å². The lowest BCUT2D eigenvalue weighted by atomic mass is 10.3. The van der Waals surface area contributed by atoms with Crippen LogP contribution < -0.4 is 19.9 Å². The topological polar surface area (TPSA) is 103 Å². The van der Waals surface area contributed by atoms with Crippen molar-refractivity contribution < 1.29 is 22.3 Å². The Morgan fingerprint density at radius 3 is 2.22 bits per heavy atom. The van der Waals surface area contributed by atoms with Gasteiger partial charge in [0.15, 0.2) is 0 Å². The second-order valence-corrected chi connectivity index (χ2v) is 10.0. The van der Waals surface area contributed by atoms with Crippen LogP contribution in [0.25, 0.3) is 5.69 Å². The second-order valence-electron chi connectivity index (χ2n) is 8.15. The number of hydrogen-bond donors (Lipinski definition) is 1. The van der Waals surface area contributed by atoms with E-state index in [0.29, 0.717) is 17.1 Å². The van der Waals surface area contributed by atoms with Crippen LogP contribution in [0.3, 0.4) is 0 Å². The van der Waals surface area contributed by atoms with Crippen LogP contribution in [0.5, 0.6) is 5.75 Å². The normalized spacial score (nSPS) is 11.2. The Bertz CT molecular complexity index is 1580. The van der Waals surface area contributed by atoms with Gasteiger partial charge in [-0.2, -0.15) is 0 Å². The van der Waals surface area contributed by atoms with Gasteiger partial charge in [-0.15, -0.1) is 0 Å². The first kappa shape index (κ1) is 25.7. The number of para-hydroxylation sites is 1. The molecule has 0 aliphatic carbocycles. The number of hydrogen-bond acceptors (Lipinski definition) is 5. The molecule has 4 aromatic rings. The lowest BCUT2D eigenvalue weighted by Crippen LogP contribution is -2.38. The predicted octanol–water partition coefficient (Wildman–Crippen LogP) is 3.47. The Hall–Kier alpha value is -4.38. The number of carbonyl (C=O) groups is 1. The van der Waals surface area contributed by atoms with Gasteiger partial charge in [-0.3, -0.25) is 18.6 Å². The highest BCUT2D eigenvalue weighted by Crippen LogP contribution is 2.26. The highest BCUT2D eigenvalue weighted by atomic mass is 32.2. The summed E-state index contributed by atoms with van der Waals surface area (Å²) in [4.78, 5) is 26.2. The quantitative estimate of drug-likeness (QED) is 0.380. The number of methoxy groups -OCH3 is 1. The van der Waals surface area contributed by atoms with Gasteiger partial charge in [0, 0.05) is 7.05 Å². The van der Waals surface area contributed by atoms with Crippen molar-refractivity contribution in [3.05, 3.63) is 101 Å². The number of amides is 1. The molecule has 0 fully saturated rings. The number of nitrogens with one attached hydrogen (secondary N) is 1. The smallest absolute Gasteiger partial charge is 0.295 e. The van der Waals surface area contributed by atoms with Gasteiger partial charge in [0.2, 0.25) is 5.91 Å². The predicted molar refractivity (Wildman–Crippen MR) is 138 cm³/mol. The van der Waals surface area contributed by atoms with Gasteiger partial charge in [0.1, 0.15) is 23.8 Å². The van der Waals surface area contributed by atoms with Crippen molar-refractivity contribution in [1.82, 2.24) is 9.36 Å². The molecule has 1 aromatic heterocycles. The number of halogens is 1. The molecule has 9 nitrogen and oxygen atoms in total. The molecule has 1 N–H and O–H groups in total. The largest absolute Gasteiger partial charge is 0.497 e. The molecule has 192 valence electrons. The van der Waals surface area contributed by atoms with Gasteiger partial charge in [-0.05, 0) is 67.6 Å². The molecular weight excluding hydrogens is 499 g/mol. The van der Waals surface area contributed by atoms with Gasteiger partial charge >= 0.3 is 0 Å². The van der Waals surface area contributed by atoms with Crippen LogP contribution in [-0.4, -0.2) is 37.3 Å². The summed E-state index contributed by atoms with van der Waals surface area (Å²) in [5.74, 6) is -0.844. The van der Waals surface area contributed by atoms with Crippen molar-refractivity contribution in [3.8, 4) is 11.4 Å². The van der Waals surface area contributed by atoms with E-state index in [0.717, 1.165) is 16.4 Å². The van der Waals surface area contributed by atoms with E-state index < -0.39 is 33.9 Å². The zero-order chi connectivity index (χ0) is 26.7. The Morgan fingerprint density at radius 2 is 1.62 bits per heavy atom. The molecule has 0 atom stereocenters. The molecule has 37 heavy (non-hydrogen) atoms. The van der Waals surface area contributed by atoms with Crippen molar-refractivity contribution in [2.75, 3.05) is 23.3 Å². The first-order valence-electron chi connectivity index (χ1n) is 11.2. The minimum Gasteiger partial charge on any atom is -0.497 e. The van der Waals surface area contributed by atoms with Crippen LogP contribution in [-0.2, 0) is 21.9 Å². The van der Waals surface area contributed by atoms with Crippen LogP contribution in [0.15, 0.2) is 88.6 Å². The number of aromatic nitrogens is 2. The van der Waals surface area contributed by atoms with Crippen molar-refractivity contribution in [1.29, 1.82) is 0 Å². The van der Waals surface area contributed by atoms with Crippen LogP contribution in [0, 0.1) is 12.7 Å². The van der Waals surface area contributed by atoms with Crippen molar-refractivity contribution in [2.45, 2.75) is 11.8 Å². The number of ether oxygens (including phenoxy) is 1. The maximum Gasteiger partial charge on any atom is 0.295 e. The Labute approximate surface area is 213 Å². The molecule has 0 unspecified atom stereocenters. The maximum atomic E-state index is 13.6. The summed E-state index contributed by atoms with van der Waals surface area (Å²) < 4.78 is 49.6. The van der Waals surface area contributed by atoms with E-state index in [9.17, 15) is 22.4 Å². The minimum absolute atomic E-state index is 0.0252. The van der Waals surface area contributed by atoms with Gasteiger partial charge in [0.25, 0.3) is 15.6 Å². The van der Waals surface area contributed by atoms with Crippen molar-refractivity contribution in [3.63, 3.8) is 0 Å². The fourth-order valence-corrected chi connectivity index (χ4v) is 5.24. The molecule has 0 saturated carbocycles. The van der Waals surface area contributed by atoms with E-state index >= 15 is 0 Å². The van der Waals surface area contributed by atoms with E-state index in [4.69, 9.17) is 4.74 Å². The van der Waals surface area contributed by atoms with E-state index in [1.165, 1.54) is 48.2 Å². The average Bonchev–Trinajstić information content (AvgIpc) is 3.11. The summed E-state index contributed by atoms with van der Waals surface area (Å²) in [6.07, 6.45) is 0. The van der Waals surface area contributed by atoms with E-state index in [-0.39, 0.29) is 16.3 Å². The average molecular weight is 525 g/mol. The lowest BCUT2D eigenvalue weighted by Gasteiger charge is -2.24. The molecule has 0 spiro atoms. The summed E-state index contributed by atoms with van der Waals surface area (Å²) in [5.41, 5.74) is 0.726. The summed E-state index contributed by atoms with van der Waals surface area (Å²) in [7, 11) is -1.11. The molecule has 3 aromatic carbocycles. The monoisotopic (exact) mass is 524 g/mol. The third-order valence-corrected chi connectivity index (χ3v) is 7.66. The minimum atomic E-state index is -4.24. The number of benzene rings is 3. The Balaban J connectivity index is 1.68. The number of anilines is 2. The standard InChI is InChI=1S/C26H25FN4O5S/c1-18-25(26(33)31(29(18)2)21-7-5-4-6-8-21)28-24(32)17-30(20-11-9-19(27)10-12-20)37(34,35)23-15-13-22(36-3)14-16-23/h4-16H,17H2,1-3H3,(H,28,32). The molecule has 0 radical (unpaired) electrons. The molecule has 0 aliphatic rings. The third-order valence-electron chi connectivity index (χ3n) is 5.87. The summed E-state index contributed by atoms with van der Waals surface area (Å²) in [6, 6.07) is 19.3. The lowest BCUT2D eigenvalue weighted by molar-refractivity contribution is -0.114. The second kappa shape index (κ2) is 10.3. The van der Waals surface area contributed by atoms with Crippen LogP contribution >= 0.6 is 0 Å². The summed E-state index contributed by atoms with van der Waals surface area (Å²) in [6.45, 7) is 1.02. The van der Waals surface area contributed by atoms with E-state index in [1.807, 2.05) is 6.07 Å². The van der Waals surface area contributed by atoms with Crippen molar-refractivity contribution >= 4 is 27.3 Å². The fourth-order valence-electron chi connectivity index (χ4n) is 3.82. The molecule has 0 bridgehead atoms. The molecular formula is C26H25FN4O5S. The Kier molecular flexibility index (Phi) is 7.16. The molecule has 0 aliphatic heterocycles. The highest BCUT2D eigenvalue weighted by Gasteiger charge is 2.28. The zero-order valence-electron chi connectivity index (χ0n) is 20.4. The third kappa shape index (κ3) is 5.12. The van der Waals surface area contributed by atoms with Crippen molar-refractivity contribution in [2.24, 2.45) is 7.05 Å². The maximum absolute atomic E-state index is 13.6. The fraction of sp³-hybridized carbons (Fsp3) is 0.154. The number of carbonyl (C=O) groups excluding carboxylic acids is 1. The van der Waals surface area contributed by atoms with Gasteiger partial charge in [-0.25, -0.2) is 17.5 Å². The summed E-state index contributed by atoms with van der Waals surface area (Å²) in [5, 5.41) is 2.57. The summed E-state index contributed by atoms with van der Waals surface area (Å²) >= 11 is 0. The number of sulfonamides is 1. The van der Waals surface area contributed by atoms with Crippen LogP contribution in [0.2, 0.25) is 0 Å². The molecule has 0 saturated heterocycles. The number of rotatable bonds is 8. The SMILES string of the molecule is COc1ccc(S(=O)(=O)N(CC(=O)Nc2c(C)n(C)n(-c3ccccc3)c2=O)c2ccc(F)cc2)cc1. The van der Waals surface area contributed by atoms with Crippen LogP contribution in [0.4, 0.5) is 15.8 Å². The van der Waals surface area contributed by atoms with Gasteiger partial charge < -0.3 is 10.1 Å². The highest BCUT2D eigenvalue weighted by molar-refractivity contribution is 7.92. The first-order chi connectivity index (χ1) is 17.6. The molecule has 1 heterocycles. The van der Waals surface area contributed by atoms with E-state index in [2.05, 4.69) is 5.32 Å². The molecule has 1 amide bonds. The zero-order valence-corrected chi connectivity index (χ0v) is 21.2.